The van der Waals surface area contributed by atoms with Gasteiger partial charge in [0.15, 0.2) is 0 Å². The number of aromatic nitrogens is 1. The van der Waals surface area contributed by atoms with Crippen LogP contribution in [0.15, 0.2) is 66.9 Å². The number of rotatable bonds is 4. The van der Waals surface area contributed by atoms with Crippen LogP contribution in [0.2, 0.25) is 0 Å². The molecule has 1 N–H and O–H groups in total. The van der Waals surface area contributed by atoms with E-state index in [4.69, 9.17) is 0 Å². The molecule has 2 aromatic carbocycles. The van der Waals surface area contributed by atoms with Crippen LogP contribution in [-0.2, 0) is 0 Å². The fraction of sp³-hybridized carbons (Fsp3) is 0.208. The largest absolute Gasteiger partial charge is 0.354 e. The van der Waals surface area contributed by atoms with Gasteiger partial charge in [-0.2, -0.15) is 5.26 Å². The molecule has 1 aliphatic heterocycles. The first-order chi connectivity index (χ1) is 14.7. The van der Waals surface area contributed by atoms with Crippen molar-refractivity contribution in [2.24, 2.45) is 0 Å². The predicted molar refractivity (Wildman–Crippen MR) is 118 cm³/mol. The van der Waals surface area contributed by atoms with Gasteiger partial charge in [0, 0.05) is 37.3 Å². The molecule has 6 nitrogen and oxygen atoms in total. The summed E-state index contributed by atoms with van der Waals surface area (Å²) in [4.78, 5) is 22.1. The lowest BCUT2D eigenvalue weighted by molar-refractivity contribution is 0.102. The van der Waals surface area contributed by atoms with E-state index in [1.54, 1.807) is 18.3 Å². The van der Waals surface area contributed by atoms with E-state index in [9.17, 15) is 10.1 Å². The van der Waals surface area contributed by atoms with E-state index >= 15 is 0 Å². The Hall–Kier alpha value is -3.69. The van der Waals surface area contributed by atoms with Crippen molar-refractivity contribution in [1.82, 2.24) is 9.88 Å². The first-order valence-electron chi connectivity index (χ1n) is 9.95. The quantitative estimate of drug-likeness (QED) is 0.728. The Morgan fingerprint density at radius 1 is 0.967 bits per heavy atom. The highest BCUT2D eigenvalue weighted by atomic mass is 16.1. The molecule has 6 heteroatoms. The summed E-state index contributed by atoms with van der Waals surface area (Å²) < 4.78 is 0. The fourth-order valence-corrected chi connectivity index (χ4v) is 3.61. The molecule has 0 spiro atoms. The van der Waals surface area contributed by atoms with Crippen LogP contribution >= 0.6 is 0 Å². The summed E-state index contributed by atoms with van der Waals surface area (Å²) in [6.07, 6.45) is 1.69. The lowest BCUT2D eigenvalue weighted by Crippen LogP contribution is -2.44. The van der Waals surface area contributed by atoms with Gasteiger partial charge in [-0.05, 0) is 36.9 Å². The third-order valence-corrected chi connectivity index (χ3v) is 5.34. The molecule has 2 heterocycles. The predicted octanol–water partition coefficient (Wildman–Crippen LogP) is 3.62. The zero-order valence-corrected chi connectivity index (χ0v) is 16.9. The molecule has 4 rings (SSSR count). The van der Waals surface area contributed by atoms with Crippen molar-refractivity contribution in [3.05, 3.63) is 78.0 Å². The van der Waals surface area contributed by atoms with Gasteiger partial charge < -0.3 is 15.1 Å². The number of anilines is 2. The molecule has 3 aromatic rings. The highest BCUT2D eigenvalue weighted by molar-refractivity contribution is 6.09. The average Bonchev–Trinajstić information content (AvgIpc) is 2.80. The van der Waals surface area contributed by atoms with Crippen LogP contribution in [0.25, 0.3) is 11.1 Å². The van der Waals surface area contributed by atoms with E-state index in [1.807, 2.05) is 48.5 Å². The Labute approximate surface area is 176 Å². The van der Waals surface area contributed by atoms with Crippen molar-refractivity contribution in [1.29, 1.82) is 5.26 Å². The van der Waals surface area contributed by atoms with Crippen molar-refractivity contribution in [3.63, 3.8) is 0 Å². The molecule has 0 aliphatic carbocycles. The van der Waals surface area contributed by atoms with Crippen LogP contribution in [0.4, 0.5) is 11.5 Å². The minimum atomic E-state index is -0.229. The van der Waals surface area contributed by atoms with Crippen LogP contribution in [0, 0.1) is 11.3 Å². The molecule has 0 unspecified atom stereocenters. The van der Waals surface area contributed by atoms with Crippen LogP contribution in [-0.4, -0.2) is 49.0 Å². The third kappa shape index (κ3) is 4.17. The number of piperazine rings is 1. The number of benzene rings is 2. The molecule has 0 atom stereocenters. The molecule has 0 bridgehead atoms. The standard InChI is InChI=1S/C24H23N5O/c1-28-12-14-29(15-13-28)23-11-10-19(17-26-23)27-24(30)22-9-5-4-8-21(22)20-7-3-2-6-18(20)16-25/h2-11,17H,12-15H2,1H3,(H,27,30). The van der Waals surface area contributed by atoms with Gasteiger partial charge >= 0.3 is 0 Å². The summed E-state index contributed by atoms with van der Waals surface area (Å²) in [6, 6.07) is 20.6. The molecule has 1 aromatic heterocycles. The van der Waals surface area contributed by atoms with Crippen LogP contribution < -0.4 is 10.2 Å². The van der Waals surface area contributed by atoms with Crippen molar-refractivity contribution in [3.8, 4) is 17.2 Å². The van der Waals surface area contributed by atoms with Gasteiger partial charge in [-0.3, -0.25) is 4.79 Å². The Balaban J connectivity index is 1.53. The summed E-state index contributed by atoms with van der Waals surface area (Å²) in [5.74, 6) is 0.692. The average molecular weight is 397 g/mol. The summed E-state index contributed by atoms with van der Waals surface area (Å²) in [6.45, 7) is 3.92. The van der Waals surface area contributed by atoms with E-state index in [-0.39, 0.29) is 5.91 Å². The Bertz CT molecular complexity index is 1080. The van der Waals surface area contributed by atoms with Crippen molar-refractivity contribution < 1.29 is 4.79 Å². The number of carbonyl (C=O) groups is 1. The summed E-state index contributed by atoms with van der Waals surface area (Å²) in [5, 5.41) is 12.4. The Morgan fingerprint density at radius 2 is 1.67 bits per heavy atom. The molecule has 1 amide bonds. The van der Waals surface area contributed by atoms with Crippen molar-refractivity contribution in [2.45, 2.75) is 0 Å². The zero-order valence-electron chi connectivity index (χ0n) is 16.9. The van der Waals surface area contributed by atoms with Gasteiger partial charge in [0.2, 0.25) is 0 Å². The number of hydrogen-bond donors (Lipinski definition) is 1. The molecule has 30 heavy (non-hydrogen) atoms. The number of nitrogens with one attached hydrogen (secondary N) is 1. The van der Waals surface area contributed by atoms with Crippen molar-refractivity contribution in [2.75, 3.05) is 43.4 Å². The molecule has 0 radical (unpaired) electrons. The van der Waals surface area contributed by atoms with Crippen LogP contribution in [0.5, 0.6) is 0 Å². The smallest absolute Gasteiger partial charge is 0.256 e. The lowest BCUT2D eigenvalue weighted by atomic mass is 9.95. The van der Waals surface area contributed by atoms with Gasteiger partial charge in [0.05, 0.1) is 23.5 Å². The van der Waals surface area contributed by atoms with E-state index < -0.39 is 0 Å². The molecule has 1 saturated heterocycles. The maximum atomic E-state index is 13.0. The van der Waals surface area contributed by atoms with Gasteiger partial charge in [0.1, 0.15) is 5.82 Å². The molecular formula is C24H23N5O. The van der Waals surface area contributed by atoms with E-state index in [0.29, 0.717) is 16.8 Å². The minimum Gasteiger partial charge on any atom is -0.354 e. The normalized spacial score (nSPS) is 14.2. The van der Waals surface area contributed by atoms with Crippen LogP contribution in [0.3, 0.4) is 0 Å². The molecule has 0 saturated carbocycles. The van der Waals surface area contributed by atoms with E-state index in [1.165, 1.54) is 0 Å². The minimum absolute atomic E-state index is 0.229. The van der Waals surface area contributed by atoms with Gasteiger partial charge in [-0.15, -0.1) is 0 Å². The van der Waals surface area contributed by atoms with Gasteiger partial charge in [-0.1, -0.05) is 36.4 Å². The van der Waals surface area contributed by atoms with Crippen molar-refractivity contribution >= 4 is 17.4 Å². The molecule has 1 aliphatic rings. The SMILES string of the molecule is CN1CCN(c2ccc(NC(=O)c3ccccc3-c3ccccc3C#N)cn2)CC1. The molecular weight excluding hydrogens is 374 g/mol. The van der Waals surface area contributed by atoms with E-state index in [2.05, 4.69) is 33.2 Å². The van der Waals surface area contributed by atoms with Crippen LogP contribution in [0.1, 0.15) is 15.9 Å². The third-order valence-electron chi connectivity index (χ3n) is 5.34. The second-order valence-corrected chi connectivity index (χ2v) is 7.35. The fourth-order valence-electron chi connectivity index (χ4n) is 3.61. The highest BCUT2D eigenvalue weighted by Crippen LogP contribution is 2.27. The first kappa shape index (κ1) is 19.6. The number of likely N-dealkylation sites (N-methyl/N-ethyl adjacent to an activating group) is 1. The highest BCUT2D eigenvalue weighted by Gasteiger charge is 2.17. The number of hydrogen-bond acceptors (Lipinski definition) is 5. The zero-order chi connectivity index (χ0) is 20.9. The van der Waals surface area contributed by atoms with Gasteiger partial charge in [0.25, 0.3) is 5.91 Å². The second kappa shape index (κ2) is 8.76. The number of carbonyl (C=O) groups excluding carboxylic acids is 1. The van der Waals surface area contributed by atoms with Gasteiger partial charge in [-0.25, -0.2) is 4.98 Å². The number of pyridine rings is 1. The number of nitriles is 1. The lowest BCUT2D eigenvalue weighted by Gasteiger charge is -2.33. The first-order valence-corrected chi connectivity index (χ1v) is 9.95. The maximum absolute atomic E-state index is 13.0. The maximum Gasteiger partial charge on any atom is 0.256 e. The summed E-state index contributed by atoms with van der Waals surface area (Å²) in [7, 11) is 2.12. The second-order valence-electron chi connectivity index (χ2n) is 7.35. The molecule has 150 valence electrons. The summed E-state index contributed by atoms with van der Waals surface area (Å²) >= 11 is 0. The monoisotopic (exact) mass is 397 g/mol. The van der Waals surface area contributed by atoms with E-state index in [0.717, 1.165) is 43.1 Å². The Morgan fingerprint density at radius 3 is 2.37 bits per heavy atom. The number of amides is 1. The summed E-state index contributed by atoms with van der Waals surface area (Å²) in [5.41, 5.74) is 3.17. The molecule has 1 fully saturated rings. The number of nitrogens with zero attached hydrogens (tertiary/aromatic N) is 4. The Kier molecular flexibility index (Phi) is 5.73. The topological polar surface area (TPSA) is 72.3 Å².